The maximum absolute atomic E-state index is 11.7. The summed E-state index contributed by atoms with van der Waals surface area (Å²) in [4.78, 5) is 0. The minimum atomic E-state index is -3.01. The largest absolute Gasteiger partial charge is 0.316 e. The quantitative estimate of drug-likeness (QED) is 0.658. The molecule has 78 valence electrons. The van der Waals surface area contributed by atoms with Crippen LogP contribution in [0.15, 0.2) is 0 Å². The van der Waals surface area contributed by atoms with Gasteiger partial charge in [0, 0.05) is 19.1 Å². The van der Waals surface area contributed by atoms with Gasteiger partial charge in [-0.3, -0.25) is 0 Å². The molecule has 0 atom stereocenters. The Bertz CT molecular complexity index is 249. The molecule has 0 saturated carbocycles. The van der Waals surface area contributed by atoms with Crippen LogP contribution in [0.25, 0.3) is 0 Å². The molecule has 0 aromatic heterocycles. The van der Waals surface area contributed by atoms with Crippen molar-refractivity contribution in [3.63, 3.8) is 0 Å². The van der Waals surface area contributed by atoms with Gasteiger partial charge in [0.2, 0.25) is 10.0 Å². The molecule has 0 aliphatic carbocycles. The number of hydrogen-bond donors (Lipinski definition) is 1. The Morgan fingerprint density at radius 1 is 1.31 bits per heavy atom. The second kappa shape index (κ2) is 4.39. The zero-order valence-electron chi connectivity index (χ0n) is 8.28. The Labute approximate surface area is 80.4 Å². The molecule has 0 amide bonds. The minimum absolute atomic E-state index is 0.0862. The predicted octanol–water partition coefficient (Wildman–Crippen LogP) is 0.0199. The van der Waals surface area contributed by atoms with Crippen molar-refractivity contribution in [1.29, 1.82) is 0 Å². The van der Waals surface area contributed by atoms with Gasteiger partial charge in [-0.15, -0.1) is 0 Å². The molecule has 1 saturated heterocycles. The molecule has 0 radical (unpaired) electrons. The number of hydrogen-bond acceptors (Lipinski definition) is 3. The van der Waals surface area contributed by atoms with E-state index < -0.39 is 10.0 Å². The van der Waals surface area contributed by atoms with Crippen LogP contribution in [0.2, 0.25) is 0 Å². The summed E-state index contributed by atoms with van der Waals surface area (Å²) in [6.45, 7) is 5.98. The van der Waals surface area contributed by atoms with Crippen molar-refractivity contribution in [2.24, 2.45) is 0 Å². The summed E-state index contributed by atoms with van der Waals surface area (Å²) in [7, 11) is -3.01. The third-order valence-electron chi connectivity index (χ3n) is 2.20. The summed E-state index contributed by atoms with van der Waals surface area (Å²) in [6, 6.07) is 0.0862. The molecule has 4 nitrogen and oxygen atoms in total. The van der Waals surface area contributed by atoms with Gasteiger partial charge in [-0.2, -0.15) is 4.31 Å². The third-order valence-corrected chi connectivity index (χ3v) is 4.24. The van der Waals surface area contributed by atoms with Crippen LogP contribution < -0.4 is 5.32 Å². The fourth-order valence-electron chi connectivity index (χ4n) is 1.52. The van der Waals surface area contributed by atoms with E-state index in [2.05, 4.69) is 5.32 Å². The van der Waals surface area contributed by atoms with Gasteiger partial charge in [0.25, 0.3) is 0 Å². The normalized spacial score (nSPS) is 25.5. The topological polar surface area (TPSA) is 49.4 Å². The van der Waals surface area contributed by atoms with E-state index in [9.17, 15) is 8.42 Å². The SMILES string of the molecule is CC(C)N1CCCNCCS1(=O)=O. The second-order valence-electron chi connectivity index (χ2n) is 3.62. The lowest BCUT2D eigenvalue weighted by molar-refractivity contribution is 0.341. The van der Waals surface area contributed by atoms with E-state index in [1.807, 2.05) is 13.8 Å². The molecule has 1 aliphatic rings. The van der Waals surface area contributed by atoms with Crippen LogP contribution >= 0.6 is 0 Å². The van der Waals surface area contributed by atoms with E-state index in [-0.39, 0.29) is 11.8 Å². The fraction of sp³-hybridized carbons (Fsp3) is 1.00. The number of rotatable bonds is 1. The Balaban J connectivity index is 2.74. The van der Waals surface area contributed by atoms with Crippen molar-refractivity contribution in [3.8, 4) is 0 Å². The first-order valence-corrected chi connectivity index (χ1v) is 6.35. The van der Waals surface area contributed by atoms with E-state index in [0.717, 1.165) is 13.0 Å². The lowest BCUT2D eigenvalue weighted by atomic mass is 10.3. The van der Waals surface area contributed by atoms with Gasteiger partial charge in [0.05, 0.1) is 5.75 Å². The Morgan fingerprint density at radius 2 is 2.00 bits per heavy atom. The van der Waals surface area contributed by atoms with Gasteiger partial charge < -0.3 is 5.32 Å². The van der Waals surface area contributed by atoms with Crippen molar-refractivity contribution in [1.82, 2.24) is 9.62 Å². The number of nitrogens with zero attached hydrogens (tertiary/aromatic N) is 1. The van der Waals surface area contributed by atoms with Crippen LogP contribution in [-0.4, -0.2) is 44.2 Å². The molecule has 0 bridgehead atoms. The summed E-state index contributed by atoms with van der Waals surface area (Å²) >= 11 is 0. The second-order valence-corrected chi connectivity index (χ2v) is 5.67. The molecule has 13 heavy (non-hydrogen) atoms. The zero-order chi connectivity index (χ0) is 9.90. The van der Waals surface area contributed by atoms with Gasteiger partial charge in [-0.1, -0.05) is 0 Å². The van der Waals surface area contributed by atoms with E-state index in [1.54, 1.807) is 4.31 Å². The Kier molecular flexibility index (Phi) is 3.70. The van der Waals surface area contributed by atoms with E-state index in [1.165, 1.54) is 0 Å². The molecule has 1 rings (SSSR count). The maximum atomic E-state index is 11.7. The van der Waals surface area contributed by atoms with E-state index >= 15 is 0 Å². The van der Waals surface area contributed by atoms with Crippen LogP contribution in [0.4, 0.5) is 0 Å². The molecular formula is C8H18N2O2S. The molecule has 1 aliphatic heterocycles. The molecule has 1 N–H and O–H groups in total. The first-order valence-electron chi connectivity index (χ1n) is 4.74. The number of sulfonamides is 1. The van der Waals surface area contributed by atoms with Gasteiger partial charge in [-0.25, -0.2) is 8.42 Å². The molecule has 0 aromatic carbocycles. The van der Waals surface area contributed by atoms with Gasteiger partial charge in [0.15, 0.2) is 0 Å². The first-order chi connectivity index (χ1) is 6.04. The van der Waals surface area contributed by atoms with E-state index in [0.29, 0.717) is 13.1 Å². The molecule has 1 fully saturated rings. The van der Waals surface area contributed by atoms with Gasteiger partial charge in [-0.05, 0) is 26.8 Å². The summed E-state index contributed by atoms with van der Waals surface area (Å²) in [6.07, 6.45) is 0.900. The minimum Gasteiger partial charge on any atom is -0.316 e. The Morgan fingerprint density at radius 3 is 2.62 bits per heavy atom. The lowest BCUT2D eigenvalue weighted by Crippen LogP contribution is -2.44. The third kappa shape index (κ3) is 2.93. The van der Waals surface area contributed by atoms with Crippen molar-refractivity contribution in [2.75, 3.05) is 25.4 Å². The van der Waals surface area contributed by atoms with E-state index in [4.69, 9.17) is 0 Å². The maximum Gasteiger partial charge on any atom is 0.215 e. The summed E-state index contributed by atoms with van der Waals surface area (Å²) in [5.41, 5.74) is 0. The highest BCUT2D eigenvalue weighted by Crippen LogP contribution is 2.09. The standard InChI is InChI=1S/C8H18N2O2S/c1-8(2)10-6-3-4-9-5-7-13(10,11)12/h8-9H,3-7H2,1-2H3. The van der Waals surface area contributed by atoms with Gasteiger partial charge in [0.1, 0.15) is 0 Å². The van der Waals surface area contributed by atoms with Crippen molar-refractivity contribution in [2.45, 2.75) is 26.3 Å². The summed E-state index contributed by atoms with van der Waals surface area (Å²) in [5, 5.41) is 3.10. The molecule has 5 heteroatoms. The highest BCUT2D eigenvalue weighted by molar-refractivity contribution is 7.89. The van der Waals surface area contributed by atoms with Crippen molar-refractivity contribution >= 4 is 10.0 Å². The molecule has 0 spiro atoms. The molecule has 0 unspecified atom stereocenters. The summed E-state index contributed by atoms with van der Waals surface area (Å²) < 4.78 is 25.0. The smallest absolute Gasteiger partial charge is 0.215 e. The molecule has 1 heterocycles. The lowest BCUT2D eigenvalue weighted by Gasteiger charge is -2.27. The monoisotopic (exact) mass is 206 g/mol. The van der Waals surface area contributed by atoms with Crippen LogP contribution in [0, 0.1) is 0 Å². The molecule has 0 aromatic rings. The summed E-state index contributed by atoms with van der Waals surface area (Å²) in [5.74, 6) is 0.227. The average molecular weight is 206 g/mol. The average Bonchev–Trinajstić information content (AvgIpc) is 1.97. The highest BCUT2D eigenvalue weighted by Gasteiger charge is 2.24. The number of nitrogens with one attached hydrogen (secondary N) is 1. The highest BCUT2D eigenvalue weighted by atomic mass is 32.2. The van der Waals surface area contributed by atoms with Crippen LogP contribution in [-0.2, 0) is 10.0 Å². The molecular weight excluding hydrogens is 188 g/mol. The van der Waals surface area contributed by atoms with Crippen molar-refractivity contribution in [3.05, 3.63) is 0 Å². The fourth-order valence-corrected chi connectivity index (χ4v) is 3.21. The van der Waals surface area contributed by atoms with Crippen LogP contribution in [0.3, 0.4) is 0 Å². The van der Waals surface area contributed by atoms with Crippen molar-refractivity contribution < 1.29 is 8.42 Å². The van der Waals surface area contributed by atoms with Crippen LogP contribution in [0.1, 0.15) is 20.3 Å². The van der Waals surface area contributed by atoms with Crippen LogP contribution in [0.5, 0.6) is 0 Å². The van der Waals surface area contributed by atoms with Gasteiger partial charge >= 0.3 is 0 Å². The first kappa shape index (κ1) is 10.9. The predicted molar refractivity (Wildman–Crippen MR) is 53.1 cm³/mol. The Hall–Kier alpha value is -0.130. The zero-order valence-corrected chi connectivity index (χ0v) is 9.10.